The molecule has 2 amide bonds. The zero-order valence-corrected chi connectivity index (χ0v) is 17.9. The monoisotopic (exact) mass is 428 g/mol. The fourth-order valence-corrected chi connectivity index (χ4v) is 3.65. The van der Waals surface area contributed by atoms with E-state index in [0.717, 1.165) is 24.9 Å². The van der Waals surface area contributed by atoms with Gasteiger partial charge in [0.2, 0.25) is 5.95 Å². The first-order chi connectivity index (χ1) is 15.2. The Bertz CT molecular complexity index is 875. The molecular formula is C21H28N6O4. The predicted molar refractivity (Wildman–Crippen MR) is 117 cm³/mol. The topological polar surface area (TPSA) is 92.3 Å². The van der Waals surface area contributed by atoms with Crippen LogP contribution < -0.4 is 24.6 Å². The average Bonchev–Trinajstić information content (AvgIpc) is 2.84. The molecule has 2 fully saturated rings. The van der Waals surface area contributed by atoms with E-state index in [1.165, 1.54) is 0 Å². The highest BCUT2D eigenvalue weighted by Crippen LogP contribution is 2.26. The van der Waals surface area contributed by atoms with Gasteiger partial charge in [-0.3, -0.25) is 0 Å². The molecule has 1 aromatic heterocycles. The highest BCUT2D eigenvalue weighted by molar-refractivity contribution is 5.90. The fourth-order valence-electron chi connectivity index (χ4n) is 3.65. The average molecular weight is 428 g/mol. The van der Waals surface area contributed by atoms with Gasteiger partial charge >= 0.3 is 6.03 Å². The molecule has 1 aromatic carbocycles. The van der Waals surface area contributed by atoms with E-state index in [-0.39, 0.29) is 6.03 Å². The summed E-state index contributed by atoms with van der Waals surface area (Å²) in [5, 5.41) is 2.93. The minimum absolute atomic E-state index is 0.147. The van der Waals surface area contributed by atoms with Crippen LogP contribution in [-0.2, 0) is 4.74 Å². The van der Waals surface area contributed by atoms with E-state index >= 15 is 0 Å². The van der Waals surface area contributed by atoms with Gasteiger partial charge in [-0.05, 0) is 6.07 Å². The molecule has 2 aromatic rings. The number of benzene rings is 1. The molecule has 31 heavy (non-hydrogen) atoms. The number of carbonyl (C=O) groups excluding carboxylic acids is 1. The van der Waals surface area contributed by atoms with E-state index in [1.54, 1.807) is 43.5 Å². The third-order valence-electron chi connectivity index (χ3n) is 5.42. The second-order valence-corrected chi connectivity index (χ2v) is 7.32. The summed E-state index contributed by atoms with van der Waals surface area (Å²) in [5.41, 5.74) is 0.634. The number of nitrogens with one attached hydrogen (secondary N) is 1. The number of urea groups is 1. The van der Waals surface area contributed by atoms with Crippen LogP contribution in [0.5, 0.6) is 11.5 Å². The van der Waals surface area contributed by atoms with Crippen molar-refractivity contribution in [1.29, 1.82) is 0 Å². The Hall–Kier alpha value is -3.27. The van der Waals surface area contributed by atoms with E-state index in [2.05, 4.69) is 20.1 Å². The summed E-state index contributed by atoms with van der Waals surface area (Å²) in [5.74, 6) is 2.86. The van der Waals surface area contributed by atoms with Crippen molar-refractivity contribution in [2.45, 2.75) is 0 Å². The molecular weight excluding hydrogens is 400 g/mol. The molecule has 2 aliphatic rings. The van der Waals surface area contributed by atoms with Crippen LogP contribution in [0.25, 0.3) is 0 Å². The number of piperazine rings is 1. The van der Waals surface area contributed by atoms with Crippen molar-refractivity contribution in [3.8, 4) is 11.5 Å². The highest BCUT2D eigenvalue weighted by atomic mass is 16.5. The number of morpholine rings is 1. The van der Waals surface area contributed by atoms with E-state index < -0.39 is 0 Å². The number of aromatic nitrogens is 2. The van der Waals surface area contributed by atoms with Crippen LogP contribution in [0.15, 0.2) is 30.5 Å². The molecule has 0 aliphatic carbocycles. The van der Waals surface area contributed by atoms with Gasteiger partial charge in [0.25, 0.3) is 0 Å². The largest absolute Gasteiger partial charge is 0.497 e. The summed E-state index contributed by atoms with van der Waals surface area (Å²) in [6.45, 7) is 5.59. The summed E-state index contributed by atoms with van der Waals surface area (Å²) >= 11 is 0. The highest BCUT2D eigenvalue weighted by Gasteiger charge is 2.23. The molecule has 0 radical (unpaired) electrons. The Morgan fingerprint density at radius 2 is 1.65 bits per heavy atom. The minimum atomic E-state index is -0.147. The number of hydrogen-bond donors (Lipinski definition) is 1. The zero-order valence-electron chi connectivity index (χ0n) is 17.9. The molecule has 10 nitrogen and oxygen atoms in total. The van der Waals surface area contributed by atoms with Gasteiger partial charge in [-0.25, -0.2) is 9.78 Å². The van der Waals surface area contributed by atoms with Crippen molar-refractivity contribution in [3.05, 3.63) is 30.5 Å². The number of methoxy groups -OCH3 is 2. The second kappa shape index (κ2) is 9.69. The summed E-state index contributed by atoms with van der Waals surface area (Å²) in [6, 6.07) is 7.07. The Kier molecular flexibility index (Phi) is 6.56. The number of anilines is 3. The standard InChI is InChI=1S/C21H28N6O4/c1-29-17-13-16(14-18(15-17)30-2)23-21(28)27-7-5-25(6-8-27)19-3-4-22-20(24-19)26-9-11-31-12-10-26/h3-4,13-15H,5-12H2,1-2H3,(H,23,28). The molecule has 0 saturated carbocycles. The Balaban J connectivity index is 1.35. The van der Waals surface area contributed by atoms with Crippen molar-refractivity contribution in [2.24, 2.45) is 0 Å². The first-order valence-electron chi connectivity index (χ1n) is 10.4. The van der Waals surface area contributed by atoms with Crippen LogP contribution in [0.4, 0.5) is 22.2 Å². The lowest BCUT2D eigenvalue weighted by atomic mass is 10.2. The Labute approximate surface area is 181 Å². The zero-order chi connectivity index (χ0) is 21.6. The molecule has 0 atom stereocenters. The summed E-state index contributed by atoms with van der Waals surface area (Å²) < 4.78 is 15.9. The lowest BCUT2D eigenvalue weighted by Gasteiger charge is -2.35. The molecule has 0 bridgehead atoms. The summed E-state index contributed by atoms with van der Waals surface area (Å²) in [7, 11) is 3.16. The summed E-state index contributed by atoms with van der Waals surface area (Å²) in [6.07, 6.45) is 1.79. The predicted octanol–water partition coefficient (Wildman–Crippen LogP) is 1.68. The second-order valence-electron chi connectivity index (χ2n) is 7.32. The van der Waals surface area contributed by atoms with Gasteiger partial charge in [0.15, 0.2) is 0 Å². The van der Waals surface area contributed by atoms with Crippen LogP contribution in [-0.4, -0.2) is 87.6 Å². The first kappa shape index (κ1) is 21.0. The maximum atomic E-state index is 12.7. The number of carbonyl (C=O) groups is 1. The van der Waals surface area contributed by atoms with Crippen molar-refractivity contribution < 1.29 is 19.0 Å². The van der Waals surface area contributed by atoms with Gasteiger partial charge in [-0.15, -0.1) is 0 Å². The number of amides is 2. The van der Waals surface area contributed by atoms with Crippen LogP contribution in [0, 0.1) is 0 Å². The van der Waals surface area contributed by atoms with Gasteiger partial charge in [0, 0.05) is 69.4 Å². The van der Waals surface area contributed by atoms with E-state index in [1.807, 2.05) is 6.07 Å². The van der Waals surface area contributed by atoms with Crippen LogP contribution in [0.2, 0.25) is 0 Å². The van der Waals surface area contributed by atoms with Gasteiger partial charge in [-0.2, -0.15) is 4.98 Å². The quantitative estimate of drug-likeness (QED) is 0.769. The molecule has 1 N–H and O–H groups in total. The molecule has 2 saturated heterocycles. The number of rotatable bonds is 5. The van der Waals surface area contributed by atoms with Gasteiger partial charge in [0.05, 0.1) is 27.4 Å². The smallest absolute Gasteiger partial charge is 0.321 e. The van der Waals surface area contributed by atoms with Crippen molar-refractivity contribution in [3.63, 3.8) is 0 Å². The van der Waals surface area contributed by atoms with Crippen LogP contribution in [0.1, 0.15) is 0 Å². The van der Waals surface area contributed by atoms with E-state index in [0.29, 0.717) is 56.6 Å². The SMILES string of the molecule is COc1cc(NC(=O)N2CCN(c3ccnc(N4CCOCC4)n3)CC2)cc(OC)c1. The lowest BCUT2D eigenvalue weighted by Crippen LogP contribution is -2.50. The molecule has 0 spiro atoms. The number of ether oxygens (including phenoxy) is 3. The number of nitrogens with zero attached hydrogens (tertiary/aromatic N) is 5. The van der Waals surface area contributed by atoms with Crippen molar-refractivity contribution in [1.82, 2.24) is 14.9 Å². The lowest BCUT2D eigenvalue weighted by molar-refractivity contribution is 0.122. The normalized spacial score (nSPS) is 16.8. The third kappa shape index (κ3) is 5.08. The number of hydrogen-bond acceptors (Lipinski definition) is 8. The van der Waals surface area contributed by atoms with Crippen LogP contribution in [0.3, 0.4) is 0 Å². The molecule has 4 rings (SSSR count). The Morgan fingerprint density at radius 1 is 0.968 bits per heavy atom. The van der Waals surface area contributed by atoms with Crippen molar-refractivity contribution in [2.75, 3.05) is 81.8 Å². The van der Waals surface area contributed by atoms with E-state index in [4.69, 9.17) is 19.2 Å². The molecule has 166 valence electrons. The Morgan fingerprint density at radius 3 is 2.29 bits per heavy atom. The molecule has 2 aliphatic heterocycles. The molecule has 10 heteroatoms. The molecule has 0 unspecified atom stereocenters. The van der Waals surface area contributed by atoms with Gasteiger partial charge in [-0.1, -0.05) is 0 Å². The van der Waals surface area contributed by atoms with Crippen molar-refractivity contribution >= 4 is 23.5 Å². The molecule has 3 heterocycles. The summed E-state index contributed by atoms with van der Waals surface area (Å²) in [4.78, 5) is 28.0. The van der Waals surface area contributed by atoms with Gasteiger partial charge in [0.1, 0.15) is 17.3 Å². The third-order valence-corrected chi connectivity index (χ3v) is 5.42. The maximum Gasteiger partial charge on any atom is 0.321 e. The van der Waals surface area contributed by atoms with Crippen LogP contribution >= 0.6 is 0 Å². The van der Waals surface area contributed by atoms with E-state index in [9.17, 15) is 4.79 Å². The van der Waals surface area contributed by atoms with Gasteiger partial charge < -0.3 is 34.2 Å². The minimum Gasteiger partial charge on any atom is -0.497 e. The fraction of sp³-hybridized carbons (Fsp3) is 0.476. The first-order valence-corrected chi connectivity index (χ1v) is 10.4. The maximum absolute atomic E-state index is 12.7.